The molecule has 0 aliphatic rings. The summed E-state index contributed by atoms with van der Waals surface area (Å²) in [6.45, 7) is 1.01. The van der Waals surface area contributed by atoms with Gasteiger partial charge in [0, 0.05) is 54.5 Å². The molecule has 8 nitrogen and oxygen atoms in total. The van der Waals surface area contributed by atoms with E-state index in [0.29, 0.717) is 49.5 Å². The maximum atomic E-state index is 11.8. The molecule has 154 valence electrons. The molecule has 2 aromatic rings. The lowest BCUT2D eigenvalue weighted by molar-refractivity contribution is -0.384. The predicted molar refractivity (Wildman–Crippen MR) is 113 cm³/mol. The Balaban J connectivity index is 1.52. The summed E-state index contributed by atoms with van der Waals surface area (Å²) < 4.78 is 0. The summed E-state index contributed by atoms with van der Waals surface area (Å²) in [5, 5.41) is 19.9. The van der Waals surface area contributed by atoms with Crippen molar-refractivity contribution in [1.29, 1.82) is 0 Å². The van der Waals surface area contributed by atoms with E-state index in [0.717, 1.165) is 5.69 Å². The minimum absolute atomic E-state index is 0.0387. The highest BCUT2D eigenvalue weighted by molar-refractivity contribution is 6.30. The number of hydrogen-bond acceptors (Lipinski definition) is 5. The fraction of sp³-hybridized carbons (Fsp3) is 0.300. The average Bonchev–Trinajstić information content (AvgIpc) is 2.70. The highest BCUT2D eigenvalue weighted by Crippen LogP contribution is 2.15. The van der Waals surface area contributed by atoms with Gasteiger partial charge < -0.3 is 16.0 Å². The maximum absolute atomic E-state index is 11.8. The normalized spacial score (nSPS) is 10.2. The first-order valence-electron chi connectivity index (χ1n) is 9.24. The van der Waals surface area contributed by atoms with E-state index >= 15 is 0 Å². The lowest BCUT2D eigenvalue weighted by Gasteiger charge is -2.08. The first-order valence-corrected chi connectivity index (χ1v) is 9.62. The zero-order valence-electron chi connectivity index (χ0n) is 15.8. The maximum Gasteiger partial charge on any atom is 0.269 e. The molecular weight excluding hydrogens is 396 g/mol. The quantitative estimate of drug-likeness (QED) is 0.290. The van der Waals surface area contributed by atoms with E-state index in [1.165, 1.54) is 12.1 Å². The molecule has 0 saturated heterocycles. The molecule has 29 heavy (non-hydrogen) atoms. The number of anilines is 2. The zero-order valence-corrected chi connectivity index (χ0v) is 16.6. The van der Waals surface area contributed by atoms with Crippen LogP contribution in [0, 0.1) is 10.1 Å². The molecule has 3 N–H and O–H groups in total. The van der Waals surface area contributed by atoms with Gasteiger partial charge in [-0.2, -0.15) is 0 Å². The molecule has 2 amide bonds. The summed E-state index contributed by atoms with van der Waals surface area (Å²) in [7, 11) is 0. The fourth-order valence-corrected chi connectivity index (χ4v) is 2.63. The molecule has 0 fully saturated rings. The van der Waals surface area contributed by atoms with Gasteiger partial charge in [-0.25, -0.2) is 0 Å². The Labute approximate surface area is 173 Å². The van der Waals surface area contributed by atoms with Crippen LogP contribution in [0.4, 0.5) is 17.1 Å². The van der Waals surface area contributed by atoms with Crippen molar-refractivity contribution >= 4 is 40.5 Å². The van der Waals surface area contributed by atoms with Crippen LogP contribution in [0.25, 0.3) is 0 Å². The van der Waals surface area contributed by atoms with Crippen LogP contribution in [0.5, 0.6) is 0 Å². The Morgan fingerprint density at radius 2 is 1.45 bits per heavy atom. The third-order valence-electron chi connectivity index (χ3n) is 4.02. The Bertz CT molecular complexity index is 825. The molecule has 0 heterocycles. The predicted octanol–water partition coefficient (Wildman–Crippen LogP) is 3.98. The highest BCUT2D eigenvalue weighted by atomic mass is 35.5. The molecule has 0 saturated carbocycles. The SMILES string of the molecule is O=C(CCCNc1ccc([N+](=O)[O-])cc1)NCCCC(=O)Nc1ccc(Cl)cc1. The first kappa shape index (κ1) is 22.2. The molecule has 2 aromatic carbocycles. The number of nitrogens with one attached hydrogen (secondary N) is 3. The lowest BCUT2D eigenvalue weighted by atomic mass is 10.2. The first-order chi connectivity index (χ1) is 13.9. The van der Waals surface area contributed by atoms with Gasteiger partial charge in [0.1, 0.15) is 0 Å². The van der Waals surface area contributed by atoms with Gasteiger partial charge in [0.15, 0.2) is 0 Å². The Hall–Kier alpha value is -3.13. The second-order valence-corrected chi connectivity index (χ2v) is 6.78. The van der Waals surface area contributed by atoms with Crippen molar-refractivity contribution in [3.05, 3.63) is 63.7 Å². The second kappa shape index (κ2) is 11.7. The van der Waals surface area contributed by atoms with Crippen LogP contribution in [0.2, 0.25) is 5.02 Å². The summed E-state index contributed by atoms with van der Waals surface area (Å²) >= 11 is 5.79. The molecular formula is C20H23ClN4O4. The van der Waals surface area contributed by atoms with Crippen molar-refractivity contribution in [1.82, 2.24) is 5.32 Å². The molecule has 2 rings (SSSR count). The molecule has 0 spiro atoms. The van der Waals surface area contributed by atoms with E-state index < -0.39 is 4.92 Å². The number of benzene rings is 2. The minimum Gasteiger partial charge on any atom is -0.385 e. The van der Waals surface area contributed by atoms with Crippen molar-refractivity contribution in [3.63, 3.8) is 0 Å². The minimum atomic E-state index is -0.449. The van der Waals surface area contributed by atoms with Gasteiger partial charge in [-0.1, -0.05) is 11.6 Å². The van der Waals surface area contributed by atoms with E-state index in [4.69, 9.17) is 11.6 Å². The van der Waals surface area contributed by atoms with Crippen LogP contribution in [-0.4, -0.2) is 29.8 Å². The van der Waals surface area contributed by atoms with Crippen LogP contribution in [0.15, 0.2) is 48.5 Å². The topological polar surface area (TPSA) is 113 Å². The van der Waals surface area contributed by atoms with E-state index in [9.17, 15) is 19.7 Å². The van der Waals surface area contributed by atoms with Crippen molar-refractivity contribution < 1.29 is 14.5 Å². The summed E-state index contributed by atoms with van der Waals surface area (Å²) in [5.41, 5.74) is 1.49. The Kier molecular flexibility index (Phi) is 8.91. The Morgan fingerprint density at radius 3 is 2.10 bits per heavy atom. The van der Waals surface area contributed by atoms with E-state index in [1.807, 2.05) is 0 Å². The lowest BCUT2D eigenvalue weighted by Crippen LogP contribution is -2.25. The van der Waals surface area contributed by atoms with Crippen LogP contribution in [0.3, 0.4) is 0 Å². The van der Waals surface area contributed by atoms with Gasteiger partial charge in [-0.3, -0.25) is 19.7 Å². The third-order valence-corrected chi connectivity index (χ3v) is 4.27. The summed E-state index contributed by atoms with van der Waals surface area (Å²) in [4.78, 5) is 33.8. The monoisotopic (exact) mass is 418 g/mol. The van der Waals surface area contributed by atoms with Crippen LogP contribution < -0.4 is 16.0 Å². The number of nitro groups is 1. The zero-order chi connectivity index (χ0) is 21.1. The molecule has 0 atom stereocenters. The van der Waals surface area contributed by atoms with Gasteiger partial charge >= 0.3 is 0 Å². The van der Waals surface area contributed by atoms with E-state index in [2.05, 4.69) is 16.0 Å². The van der Waals surface area contributed by atoms with Gasteiger partial charge in [0.05, 0.1) is 4.92 Å². The number of hydrogen-bond donors (Lipinski definition) is 3. The number of rotatable bonds is 11. The summed E-state index contributed by atoms with van der Waals surface area (Å²) in [6, 6.07) is 13.0. The number of nitro benzene ring substituents is 1. The van der Waals surface area contributed by atoms with E-state index in [1.54, 1.807) is 36.4 Å². The number of halogens is 1. The van der Waals surface area contributed by atoms with Crippen molar-refractivity contribution in [3.8, 4) is 0 Å². The standard InChI is InChI=1S/C20H23ClN4O4/c21-15-5-7-17(8-6-15)24-20(27)4-2-14-23-19(26)3-1-13-22-16-9-11-18(12-10-16)25(28)29/h5-12,22H,1-4,13-14H2,(H,23,26)(H,24,27). The summed E-state index contributed by atoms with van der Waals surface area (Å²) in [6.07, 6.45) is 1.84. The van der Waals surface area contributed by atoms with Gasteiger partial charge in [-0.15, -0.1) is 0 Å². The van der Waals surface area contributed by atoms with E-state index in [-0.39, 0.29) is 17.5 Å². The number of carbonyl (C=O) groups is 2. The number of nitrogens with zero attached hydrogens (tertiary/aromatic N) is 1. The third kappa shape index (κ3) is 8.61. The molecule has 0 bridgehead atoms. The number of non-ortho nitro benzene ring substituents is 1. The van der Waals surface area contributed by atoms with Gasteiger partial charge in [0.25, 0.3) is 5.69 Å². The van der Waals surface area contributed by atoms with Gasteiger partial charge in [-0.05, 0) is 49.2 Å². The molecule has 0 aliphatic carbocycles. The van der Waals surface area contributed by atoms with Crippen LogP contribution in [0.1, 0.15) is 25.7 Å². The fourth-order valence-electron chi connectivity index (χ4n) is 2.50. The average molecular weight is 419 g/mol. The molecule has 0 unspecified atom stereocenters. The number of carbonyl (C=O) groups excluding carboxylic acids is 2. The van der Waals surface area contributed by atoms with Crippen molar-refractivity contribution in [2.24, 2.45) is 0 Å². The van der Waals surface area contributed by atoms with Crippen LogP contribution in [-0.2, 0) is 9.59 Å². The highest BCUT2D eigenvalue weighted by Gasteiger charge is 2.05. The Morgan fingerprint density at radius 1 is 0.862 bits per heavy atom. The molecule has 0 radical (unpaired) electrons. The van der Waals surface area contributed by atoms with Crippen molar-refractivity contribution in [2.75, 3.05) is 23.7 Å². The van der Waals surface area contributed by atoms with Crippen molar-refractivity contribution in [2.45, 2.75) is 25.7 Å². The second-order valence-electron chi connectivity index (χ2n) is 6.34. The smallest absolute Gasteiger partial charge is 0.269 e. The largest absolute Gasteiger partial charge is 0.385 e. The number of amides is 2. The molecule has 0 aliphatic heterocycles. The molecule has 0 aromatic heterocycles. The molecule has 9 heteroatoms. The van der Waals surface area contributed by atoms with Gasteiger partial charge in [0.2, 0.25) is 11.8 Å². The summed E-state index contributed by atoms with van der Waals surface area (Å²) in [5.74, 6) is -0.192. The van der Waals surface area contributed by atoms with Crippen LogP contribution >= 0.6 is 11.6 Å².